The second-order valence-electron chi connectivity index (χ2n) is 5.04. The average molecular weight is 304 g/mol. The van der Waals surface area contributed by atoms with Gasteiger partial charge in [0.15, 0.2) is 11.5 Å². The van der Waals surface area contributed by atoms with E-state index in [0.29, 0.717) is 28.6 Å². The highest BCUT2D eigenvalue weighted by atomic mass is 16.5. The lowest BCUT2D eigenvalue weighted by atomic mass is 10.1. The maximum atomic E-state index is 12.1. The third-order valence-electron chi connectivity index (χ3n) is 3.46. The summed E-state index contributed by atoms with van der Waals surface area (Å²) < 4.78 is 21.2. The van der Waals surface area contributed by atoms with Crippen LogP contribution in [0.2, 0.25) is 0 Å². The number of hydrogen-bond acceptors (Lipinski definition) is 5. The molecule has 0 aliphatic heterocycles. The maximum Gasteiger partial charge on any atom is 0.342 e. The van der Waals surface area contributed by atoms with E-state index >= 15 is 0 Å². The Hall–Kier alpha value is -2.43. The largest absolute Gasteiger partial charge is 0.493 e. The molecular formula is C17H20O5. The van der Waals surface area contributed by atoms with E-state index in [2.05, 4.69) is 0 Å². The van der Waals surface area contributed by atoms with Crippen molar-refractivity contribution in [2.45, 2.75) is 27.4 Å². The van der Waals surface area contributed by atoms with Gasteiger partial charge in [-0.1, -0.05) is 0 Å². The number of ether oxygens (including phenoxy) is 3. The molecule has 0 N–H and O–H groups in total. The predicted octanol–water partition coefficient (Wildman–Crippen LogP) is 3.58. The van der Waals surface area contributed by atoms with Crippen LogP contribution in [0.15, 0.2) is 22.6 Å². The summed E-state index contributed by atoms with van der Waals surface area (Å²) in [6.07, 6.45) is 0. The van der Waals surface area contributed by atoms with Gasteiger partial charge in [-0.3, -0.25) is 0 Å². The van der Waals surface area contributed by atoms with E-state index in [9.17, 15) is 4.79 Å². The maximum absolute atomic E-state index is 12.1. The third-order valence-corrected chi connectivity index (χ3v) is 3.46. The molecule has 0 aliphatic carbocycles. The Balaban J connectivity index is 2.14. The molecule has 2 aromatic rings. The van der Waals surface area contributed by atoms with E-state index in [-0.39, 0.29) is 6.61 Å². The van der Waals surface area contributed by atoms with E-state index in [4.69, 9.17) is 18.6 Å². The summed E-state index contributed by atoms with van der Waals surface area (Å²) in [6, 6.07) is 5.35. The molecule has 2 rings (SSSR count). The molecule has 0 saturated heterocycles. The van der Waals surface area contributed by atoms with Crippen molar-refractivity contribution in [3.05, 3.63) is 46.4 Å². The number of esters is 1. The molecule has 22 heavy (non-hydrogen) atoms. The Bertz CT molecular complexity index is 685. The fourth-order valence-electron chi connectivity index (χ4n) is 2.23. The number of rotatable bonds is 5. The highest BCUT2D eigenvalue weighted by molar-refractivity contribution is 5.90. The SMILES string of the molecule is COc1cc(C)c(COC(=O)c2cc(C)oc2C)cc1OC. The van der Waals surface area contributed by atoms with Gasteiger partial charge < -0.3 is 18.6 Å². The lowest BCUT2D eigenvalue weighted by Crippen LogP contribution is -2.06. The number of carbonyl (C=O) groups excluding carboxylic acids is 1. The molecule has 0 fully saturated rings. The summed E-state index contributed by atoms with van der Waals surface area (Å²) in [4.78, 5) is 12.1. The zero-order valence-electron chi connectivity index (χ0n) is 13.5. The molecule has 5 nitrogen and oxygen atoms in total. The summed E-state index contributed by atoms with van der Waals surface area (Å²) in [5.41, 5.74) is 2.28. The number of hydrogen-bond donors (Lipinski definition) is 0. The van der Waals surface area contributed by atoms with Crippen molar-refractivity contribution < 1.29 is 23.4 Å². The zero-order valence-corrected chi connectivity index (χ0v) is 13.5. The Morgan fingerprint density at radius 1 is 1.05 bits per heavy atom. The van der Waals surface area contributed by atoms with Crippen molar-refractivity contribution in [1.82, 2.24) is 0 Å². The Labute approximate surface area is 129 Å². The first-order valence-corrected chi connectivity index (χ1v) is 6.92. The van der Waals surface area contributed by atoms with Crippen LogP contribution >= 0.6 is 0 Å². The van der Waals surface area contributed by atoms with Gasteiger partial charge in [0.2, 0.25) is 0 Å². The van der Waals surface area contributed by atoms with Crippen molar-refractivity contribution in [3.8, 4) is 11.5 Å². The molecule has 1 aromatic carbocycles. The van der Waals surface area contributed by atoms with Gasteiger partial charge in [-0.2, -0.15) is 0 Å². The molecule has 1 heterocycles. The monoisotopic (exact) mass is 304 g/mol. The molecule has 0 saturated carbocycles. The van der Waals surface area contributed by atoms with Crippen molar-refractivity contribution in [1.29, 1.82) is 0 Å². The molecule has 0 bridgehead atoms. The lowest BCUT2D eigenvalue weighted by Gasteiger charge is -2.13. The summed E-state index contributed by atoms with van der Waals surface area (Å²) in [6.45, 7) is 5.63. The summed E-state index contributed by atoms with van der Waals surface area (Å²) >= 11 is 0. The van der Waals surface area contributed by atoms with Crippen LogP contribution in [0.5, 0.6) is 11.5 Å². The van der Waals surface area contributed by atoms with E-state index in [1.165, 1.54) is 0 Å². The number of benzene rings is 1. The lowest BCUT2D eigenvalue weighted by molar-refractivity contribution is 0.0470. The van der Waals surface area contributed by atoms with E-state index in [1.807, 2.05) is 19.1 Å². The first kappa shape index (κ1) is 15.9. The minimum absolute atomic E-state index is 0.161. The molecule has 0 amide bonds. The molecule has 0 radical (unpaired) electrons. The smallest absolute Gasteiger partial charge is 0.342 e. The van der Waals surface area contributed by atoms with Crippen molar-refractivity contribution >= 4 is 5.97 Å². The molecule has 118 valence electrons. The predicted molar refractivity (Wildman–Crippen MR) is 81.6 cm³/mol. The van der Waals surface area contributed by atoms with Crippen LogP contribution in [-0.4, -0.2) is 20.2 Å². The Morgan fingerprint density at radius 3 is 2.23 bits per heavy atom. The molecule has 0 spiro atoms. The molecular weight excluding hydrogens is 284 g/mol. The summed E-state index contributed by atoms with van der Waals surface area (Å²) in [5.74, 6) is 2.10. The fraction of sp³-hybridized carbons (Fsp3) is 0.353. The van der Waals surface area contributed by atoms with Crippen LogP contribution in [0.25, 0.3) is 0 Å². The van der Waals surface area contributed by atoms with Gasteiger partial charge in [0, 0.05) is 0 Å². The quantitative estimate of drug-likeness (QED) is 0.790. The number of methoxy groups -OCH3 is 2. The normalized spacial score (nSPS) is 10.4. The second-order valence-corrected chi connectivity index (χ2v) is 5.04. The minimum atomic E-state index is -0.400. The molecule has 0 atom stereocenters. The summed E-state index contributed by atoms with van der Waals surface area (Å²) in [7, 11) is 3.15. The summed E-state index contributed by atoms with van der Waals surface area (Å²) in [5, 5.41) is 0. The van der Waals surface area contributed by atoms with E-state index in [1.54, 1.807) is 34.1 Å². The van der Waals surface area contributed by atoms with Crippen molar-refractivity contribution in [2.75, 3.05) is 14.2 Å². The first-order valence-electron chi connectivity index (χ1n) is 6.92. The average Bonchev–Trinajstić information content (AvgIpc) is 2.84. The van der Waals surface area contributed by atoms with Crippen molar-refractivity contribution in [3.63, 3.8) is 0 Å². The molecule has 0 aliphatic rings. The Kier molecular flexibility index (Phi) is 4.75. The van der Waals surface area contributed by atoms with Crippen LogP contribution in [0, 0.1) is 20.8 Å². The van der Waals surface area contributed by atoms with Crippen molar-refractivity contribution in [2.24, 2.45) is 0 Å². The molecule has 0 unspecified atom stereocenters. The number of aryl methyl sites for hydroxylation is 3. The van der Waals surface area contributed by atoms with Gasteiger partial charge in [-0.15, -0.1) is 0 Å². The van der Waals surface area contributed by atoms with Crippen LogP contribution < -0.4 is 9.47 Å². The molecule has 1 aromatic heterocycles. The fourth-order valence-corrected chi connectivity index (χ4v) is 2.23. The third kappa shape index (κ3) is 3.24. The first-order chi connectivity index (χ1) is 10.5. The van der Waals surface area contributed by atoms with Gasteiger partial charge in [0.25, 0.3) is 0 Å². The zero-order chi connectivity index (χ0) is 16.3. The van der Waals surface area contributed by atoms with Crippen LogP contribution in [0.4, 0.5) is 0 Å². The standard InChI is InChI=1S/C17H20O5/c1-10-6-15(19-4)16(20-5)8-13(10)9-21-17(18)14-7-11(2)22-12(14)3/h6-8H,9H2,1-5H3. The van der Waals surface area contributed by atoms with Gasteiger partial charge in [0.1, 0.15) is 23.7 Å². The number of furan rings is 1. The second kappa shape index (κ2) is 6.56. The Morgan fingerprint density at radius 2 is 1.68 bits per heavy atom. The minimum Gasteiger partial charge on any atom is -0.493 e. The van der Waals surface area contributed by atoms with Crippen LogP contribution in [-0.2, 0) is 11.3 Å². The van der Waals surface area contributed by atoms with E-state index < -0.39 is 5.97 Å². The van der Waals surface area contributed by atoms with Crippen LogP contribution in [0.3, 0.4) is 0 Å². The van der Waals surface area contributed by atoms with E-state index in [0.717, 1.165) is 11.1 Å². The topological polar surface area (TPSA) is 57.9 Å². The van der Waals surface area contributed by atoms with Gasteiger partial charge in [-0.25, -0.2) is 4.79 Å². The van der Waals surface area contributed by atoms with Gasteiger partial charge in [0.05, 0.1) is 14.2 Å². The number of carbonyl (C=O) groups is 1. The highest BCUT2D eigenvalue weighted by Crippen LogP contribution is 2.30. The molecule has 5 heteroatoms. The van der Waals surface area contributed by atoms with Gasteiger partial charge in [-0.05, 0) is 50.1 Å². The van der Waals surface area contributed by atoms with Crippen LogP contribution in [0.1, 0.15) is 33.0 Å². The highest BCUT2D eigenvalue weighted by Gasteiger charge is 2.16. The van der Waals surface area contributed by atoms with Gasteiger partial charge >= 0.3 is 5.97 Å².